The molecule has 0 saturated heterocycles. The Morgan fingerprint density at radius 3 is 2.33 bits per heavy atom. The molecule has 0 atom stereocenters. The predicted molar refractivity (Wildman–Crippen MR) is 71.4 cm³/mol. The number of carbonyl (C=O) groups excluding carboxylic acids is 1. The summed E-state index contributed by atoms with van der Waals surface area (Å²) >= 11 is 0. The summed E-state index contributed by atoms with van der Waals surface area (Å²) in [5, 5.41) is 15.0. The molecule has 1 fully saturated rings. The Bertz CT molecular complexity index is 326. The summed E-state index contributed by atoms with van der Waals surface area (Å²) in [6.07, 6.45) is 5.05. The average molecular weight is 255 g/mol. The van der Waals surface area contributed by atoms with Crippen molar-refractivity contribution in [3.8, 4) is 0 Å². The van der Waals surface area contributed by atoms with Crippen LogP contribution >= 0.6 is 0 Å². The zero-order valence-corrected chi connectivity index (χ0v) is 11.6. The van der Waals surface area contributed by atoms with Gasteiger partial charge in [-0.3, -0.25) is 4.79 Å². The third kappa shape index (κ3) is 3.89. The largest absolute Gasteiger partial charge is 0.409 e. The fourth-order valence-electron chi connectivity index (χ4n) is 2.49. The molecule has 0 spiro atoms. The lowest BCUT2D eigenvalue weighted by atomic mass is 9.80. The van der Waals surface area contributed by atoms with Gasteiger partial charge in [-0.15, -0.1) is 0 Å². The Morgan fingerprint density at radius 1 is 1.33 bits per heavy atom. The fourth-order valence-corrected chi connectivity index (χ4v) is 2.49. The Kier molecular flexibility index (Phi) is 4.59. The maximum Gasteiger partial charge on any atom is 0.221 e. The number of hydrogen-bond donors (Lipinski definition) is 3. The maximum absolute atomic E-state index is 12.0. The van der Waals surface area contributed by atoms with Gasteiger partial charge in [-0.1, -0.05) is 45.2 Å². The first-order chi connectivity index (χ1) is 8.29. The zero-order valence-electron chi connectivity index (χ0n) is 11.6. The molecule has 0 heterocycles. The second-order valence-corrected chi connectivity index (χ2v) is 6.41. The number of amidine groups is 1. The van der Waals surface area contributed by atoms with Crippen LogP contribution in [0, 0.1) is 5.41 Å². The molecule has 1 aliphatic carbocycles. The van der Waals surface area contributed by atoms with Crippen molar-refractivity contribution in [1.29, 1.82) is 0 Å². The average Bonchev–Trinajstić information content (AvgIpc) is 2.26. The van der Waals surface area contributed by atoms with E-state index in [4.69, 9.17) is 10.9 Å². The van der Waals surface area contributed by atoms with Gasteiger partial charge in [0.2, 0.25) is 5.91 Å². The number of hydrogen-bond acceptors (Lipinski definition) is 3. The van der Waals surface area contributed by atoms with E-state index in [1.165, 1.54) is 0 Å². The van der Waals surface area contributed by atoms with Crippen molar-refractivity contribution >= 4 is 11.7 Å². The monoisotopic (exact) mass is 255 g/mol. The molecule has 0 aliphatic heterocycles. The van der Waals surface area contributed by atoms with Gasteiger partial charge in [-0.2, -0.15) is 0 Å². The van der Waals surface area contributed by atoms with Crippen LogP contribution in [-0.4, -0.2) is 22.5 Å². The number of nitrogens with one attached hydrogen (secondary N) is 1. The first kappa shape index (κ1) is 14.8. The van der Waals surface area contributed by atoms with Crippen molar-refractivity contribution in [2.45, 2.75) is 64.8 Å². The van der Waals surface area contributed by atoms with Gasteiger partial charge >= 0.3 is 0 Å². The molecular weight excluding hydrogens is 230 g/mol. The Morgan fingerprint density at radius 2 is 1.89 bits per heavy atom. The van der Waals surface area contributed by atoms with Gasteiger partial charge < -0.3 is 16.3 Å². The van der Waals surface area contributed by atoms with Crippen molar-refractivity contribution in [2.75, 3.05) is 0 Å². The van der Waals surface area contributed by atoms with Crippen molar-refractivity contribution in [2.24, 2.45) is 16.3 Å². The summed E-state index contributed by atoms with van der Waals surface area (Å²) in [6.45, 7) is 6.05. The van der Waals surface area contributed by atoms with Crippen LogP contribution in [0.4, 0.5) is 0 Å². The number of rotatable bonds is 3. The van der Waals surface area contributed by atoms with E-state index in [-0.39, 0.29) is 17.2 Å². The van der Waals surface area contributed by atoms with Crippen LogP contribution in [0.2, 0.25) is 0 Å². The molecule has 0 bridgehead atoms. The van der Waals surface area contributed by atoms with Crippen LogP contribution < -0.4 is 11.1 Å². The van der Waals surface area contributed by atoms with Gasteiger partial charge in [0, 0.05) is 6.42 Å². The van der Waals surface area contributed by atoms with Gasteiger partial charge in [-0.25, -0.2) is 0 Å². The van der Waals surface area contributed by atoms with Crippen molar-refractivity contribution in [3.63, 3.8) is 0 Å². The molecule has 4 N–H and O–H groups in total. The van der Waals surface area contributed by atoms with E-state index < -0.39 is 5.54 Å². The highest BCUT2D eigenvalue weighted by molar-refractivity contribution is 5.94. The number of nitrogens with zero attached hydrogens (tertiary/aromatic N) is 1. The van der Waals surface area contributed by atoms with E-state index in [2.05, 4.69) is 10.5 Å². The highest BCUT2D eigenvalue weighted by atomic mass is 16.4. The van der Waals surface area contributed by atoms with Crippen LogP contribution in [0.5, 0.6) is 0 Å². The lowest BCUT2D eigenvalue weighted by Crippen LogP contribution is -2.58. The lowest BCUT2D eigenvalue weighted by molar-refractivity contribution is -0.124. The molecule has 1 aliphatic rings. The summed E-state index contributed by atoms with van der Waals surface area (Å²) in [4.78, 5) is 12.0. The molecule has 0 aromatic rings. The SMILES string of the molecule is CC(C)(C)CC(=O)NC1(/C(N)=N/O)CCCCC1. The van der Waals surface area contributed by atoms with Gasteiger partial charge in [0.05, 0.1) is 0 Å². The van der Waals surface area contributed by atoms with Crippen LogP contribution in [-0.2, 0) is 4.79 Å². The third-order valence-electron chi connectivity index (χ3n) is 3.37. The zero-order chi connectivity index (χ0) is 13.8. The fraction of sp³-hybridized carbons (Fsp3) is 0.846. The minimum Gasteiger partial charge on any atom is -0.409 e. The van der Waals surface area contributed by atoms with Crippen LogP contribution in [0.1, 0.15) is 59.3 Å². The number of oxime groups is 1. The first-order valence-corrected chi connectivity index (χ1v) is 6.58. The summed E-state index contributed by atoms with van der Waals surface area (Å²) < 4.78 is 0. The normalized spacial score (nSPS) is 20.5. The summed E-state index contributed by atoms with van der Waals surface area (Å²) in [6, 6.07) is 0. The van der Waals surface area contributed by atoms with Gasteiger partial charge in [0.15, 0.2) is 5.84 Å². The quantitative estimate of drug-likeness (QED) is 0.312. The Labute approximate surface area is 109 Å². The lowest BCUT2D eigenvalue weighted by Gasteiger charge is -2.37. The molecule has 104 valence electrons. The molecule has 5 nitrogen and oxygen atoms in total. The predicted octanol–water partition coefficient (Wildman–Crippen LogP) is 1.99. The smallest absolute Gasteiger partial charge is 0.221 e. The van der Waals surface area contributed by atoms with Crippen LogP contribution in [0.25, 0.3) is 0 Å². The number of nitrogens with two attached hydrogens (primary N) is 1. The van der Waals surface area contributed by atoms with Gasteiger partial charge in [0.25, 0.3) is 0 Å². The highest BCUT2D eigenvalue weighted by Crippen LogP contribution is 2.29. The van der Waals surface area contributed by atoms with Crippen molar-refractivity contribution in [3.05, 3.63) is 0 Å². The number of carbonyl (C=O) groups is 1. The van der Waals surface area contributed by atoms with Crippen LogP contribution in [0.15, 0.2) is 5.16 Å². The molecule has 5 heteroatoms. The van der Waals surface area contributed by atoms with E-state index >= 15 is 0 Å². The molecule has 0 unspecified atom stereocenters. The van der Waals surface area contributed by atoms with E-state index in [1.807, 2.05) is 20.8 Å². The van der Waals surface area contributed by atoms with E-state index in [1.54, 1.807) is 0 Å². The maximum atomic E-state index is 12.0. The standard InChI is InChI=1S/C13H25N3O2/c1-12(2,3)9-10(17)15-13(11(14)16-18)7-5-4-6-8-13/h18H,4-9H2,1-3H3,(H2,14,16)(H,15,17). The minimum atomic E-state index is -0.644. The van der Waals surface area contributed by atoms with E-state index in [0.29, 0.717) is 6.42 Å². The van der Waals surface area contributed by atoms with Gasteiger partial charge in [-0.05, 0) is 18.3 Å². The Hall–Kier alpha value is -1.26. The third-order valence-corrected chi connectivity index (χ3v) is 3.37. The molecule has 1 rings (SSSR count). The first-order valence-electron chi connectivity index (χ1n) is 6.58. The second kappa shape index (κ2) is 5.59. The molecule has 0 aromatic carbocycles. The molecule has 0 radical (unpaired) electrons. The van der Waals surface area contributed by atoms with E-state index in [0.717, 1.165) is 32.1 Å². The second-order valence-electron chi connectivity index (χ2n) is 6.41. The molecule has 18 heavy (non-hydrogen) atoms. The highest BCUT2D eigenvalue weighted by Gasteiger charge is 2.38. The summed E-state index contributed by atoms with van der Waals surface area (Å²) in [5.74, 6) is 0.0976. The number of amides is 1. The minimum absolute atomic E-state index is 0.0315. The molecule has 0 aromatic heterocycles. The van der Waals surface area contributed by atoms with Crippen LogP contribution in [0.3, 0.4) is 0 Å². The molecule has 1 amide bonds. The van der Waals surface area contributed by atoms with Crippen molar-refractivity contribution in [1.82, 2.24) is 5.32 Å². The Balaban J connectivity index is 2.76. The topological polar surface area (TPSA) is 87.7 Å². The van der Waals surface area contributed by atoms with Gasteiger partial charge in [0.1, 0.15) is 5.54 Å². The summed E-state index contributed by atoms with van der Waals surface area (Å²) in [7, 11) is 0. The van der Waals surface area contributed by atoms with E-state index in [9.17, 15) is 4.79 Å². The van der Waals surface area contributed by atoms with Crippen molar-refractivity contribution < 1.29 is 10.0 Å². The summed E-state index contributed by atoms with van der Waals surface area (Å²) in [5.41, 5.74) is 5.07. The molecule has 1 saturated carbocycles. The molecular formula is C13H25N3O2.